The lowest BCUT2D eigenvalue weighted by atomic mass is 9.82. The number of carboxylic acid groups (broad SMARTS) is 1. The Morgan fingerprint density at radius 2 is 2.00 bits per heavy atom. The molecule has 2 aliphatic heterocycles. The number of aliphatic carboxylic acids is 1. The van der Waals surface area contributed by atoms with Gasteiger partial charge >= 0.3 is 12.1 Å². The second kappa shape index (κ2) is 7.60. The van der Waals surface area contributed by atoms with Gasteiger partial charge in [-0.1, -0.05) is 12.1 Å². The van der Waals surface area contributed by atoms with Crippen molar-refractivity contribution in [2.75, 3.05) is 5.32 Å². The highest BCUT2D eigenvalue weighted by Crippen LogP contribution is 2.47. The molecule has 0 aliphatic carbocycles. The van der Waals surface area contributed by atoms with Crippen LogP contribution < -0.4 is 10.1 Å². The van der Waals surface area contributed by atoms with Crippen LogP contribution in [0, 0.1) is 5.92 Å². The van der Waals surface area contributed by atoms with Crippen LogP contribution in [0.3, 0.4) is 0 Å². The summed E-state index contributed by atoms with van der Waals surface area (Å²) in [4.78, 5) is 41.4. The Morgan fingerprint density at radius 3 is 2.67 bits per heavy atom. The first-order chi connectivity index (χ1) is 14.4. The first-order valence-corrected chi connectivity index (χ1v) is 9.33. The second-order valence-corrected chi connectivity index (χ2v) is 7.16. The number of ether oxygens (including phenoxy) is 1. The van der Waals surface area contributed by atoms with Gasteiger partial charge < -0.3 is 19.8 Å². The summed E-state index contributed by atoms with van der Waals surface area (Å²) in [6.07, 6.45) is 1.80. The molecule has 2 amide bonds. The van der Waals surface area contributed by atoms with E-state index >= 15 is 0 Å². The fourth-order valence-corrected chi connectivity index (χ4v) is 3.96. The van der Waals surface area contributed by atoms with E-state index in [9.17, 15) is 24.6 Å². The Kier molecular flexibility index (Phi) is 4.96. The number of nitrogens with zero attached hydrogens (tertiary/aromatic N) is 2. The van der Waals surface area contributed by atoms with Crippen LogP contribution in [0.1, 0.15) is 18.9 Å². The number of rotatable bonds is 5. The number of benzene rings is 1. The van der Waals surface area contributed by atoms with E-state index in [4.69, 9.17) is 4.74 Å². The van der Waals surface area contributed by atoms with Gasteiger partial charge in [0.05, 0.1) is 18.1 Å². The van der Waals surface area contributed by atoms with Crippen LogP contribution >= 0.6 is 0 Å². The number of aliphatic hydroxyl groups is 1. The van der Waals surface area contributed by atoms with E-state index < -0.39 is 36.0 Å². The van der Waals surface area contributed by atoms with Crippen LogP contribution in [-0.4, -0.2) is 50.2 Å². The molecule has 3 atom stereocenters. The van der Waals surface area contributed by atoms with Crippen molar-refractivity contribution in [3.05, 3.63) is 60.1 Å². The molecule has 0 bridgehead atoms. The number of β-lactam (4-membered cyclic amide) rings is 1. The Morgan fingerprint density at radius 1 is 1.27 bits per heavy atom. The maximum atomic E-state index is 12.3. The summed E-state index contributed by atoms with van der Waals surface area (Å²) in [5.74, 6) is -2.01. The number of hydrogen-bond acceptors (Lipinski definition) is 6. The molecular weight excluding hydrogens is 390 g/mol. The van der Waals surface area contributed by atoms with Crippen LogP contribution in [0.4, 0.5) is 10.5 Å². The predicted molar refractivity (Wildman–Crippen MR) is 105 cm³/mol. The van der Waals surface area contributed by atoms with Gasteiger partial charge in [-0.05, 0) is 48.7 Å². The summed E-state index contributed by atoms with van der Waals surface area (Å²) < 4.78 is 5.30. The molecule has 4 rings (SSSR count). The van der Waals surface area contributed by atoms with Gasteiger partial charge in [0.25, 0.3) is 0 Å². The van der Waals surface area contributed by atoms with E-state index in [1.807, 2.05) is 0 Å². The van der Waals surface area contributed by atoms with Crippen LogP contribution in [0.25, 0.3) is 5.57 Å². The average Bonchev–Trinajstić information content (AvgIpc) is 3.04. The van der Waals surface area contributed by atoms with Gasteiger partial charge in [0.1, 0.15) is 11.4 Å². The number of aromatic nitrogens is 1. The van der Waals surface area contributed by atoms with Crippen molar-refractivity contribution in [2.24, 2.45) is 5.92 Å². The number of aliphatic hydroxyl groups excluding tert-OH is 1. The van der Waals surface area contributed by atoms with Crippen molar-refractivity contribution in [1.29, 1.82) is 0 Å². The summed E-state index contributed by atoms with van der Waals surface area (Å²) in [5.41, 5.74) is 1.42. The lowest BCUT2D eigenvalue weighted by molar-refractivity contribution is -0.161. The molecule has 9 heteroatoms. The Balaban J connectivity index is 1.57. The molecule has 2 aliphatic rings. The van der Waals surface area contributed by atoms with Crippen LogP contribution in [-0.2, 0) is 9.59 Å². The van der Waals surface area contributed by atoms with Gasteiger partial charge in [0, 0.05) is 18.1 Å². The van der Waals surface area contributed by atoms with Gasteiger partial charge in [-0.25, -0.2) is 9.59 Å². The number of amides is 2. The first-order valence-electron chi connectivity index (χ1n) is 9.33. The van der Waals surface area contributed by atoms with Crippen LogP contribution in [0.5, 0.6) is 5.75 Å². The Bertz CT molecular complexity index is 1050. The molecule has 1 saturated heterocycles. The lowest BCUT2D eigenvalue weighted by Crippen LogP contribution is -2.61. The zero-order valence-corrected chi connectivity index (χ0v) is 16.0. The fraction of sp³-hybridized carbons (Fsp3) is 0.238. The van der Waals surface area contributed by atoms with Crippen LogP contribution in [0.15, 0.2) is 54.5 Å². The molecule has 1 fully saturated rings. The smallest absolute Gasteiger partial charge is 0.417 e. The normalized spacial score (nSPS) is 21.0. The van der Waals surface area contributed by atoms with Gasteiger partial charge in [0.15, 0.2) is 0 Å². The van der Waals surface area contributed by atoms with E-state index in [0.29, 0.717) is 23.2 Å². The molecule has 1 aromatic carbocycles. The second-order valence-electron chi connectivity index (χ2n) is 7.16. The molecule has 0 spiro atoms. The number of pyridine rings is 1. The maximum Gasteiger partial charge on any atom is 0.417 e. The predicted octanol–water partition coefficient (Wildman–Crippen LogP) is 2.10. The molecule has 3 N–H and O–H groups in total. The third-order valence-corrected chi connectivity index (χ3v) is 5.25. The Hall–Kier alpha value is -3.72. The molecule has 0 unspecified atom stereocenters. The van der Waals surface area contributed by atoms with Gasteiger partial charge in [-0.15, -0.1) is 0 Å². The van der Waals surface area contributed by atoms with E-state index in [0.717, 1.165) is 0 Å². The minimum atomic E-state index is -1.22. The average molecular weight is 409 g/mol. The van der Waals surface area contributed by atoms with E-state index in [1.165, 1.54) is 24.2 Å². The van der Waals surface area contributed by atoms with Crippen molar-refractivity contribution >= 4 is 29.2 Å². The molecule has 9 nitrogen and oxygen atoms in total. The summed E-state index contributed by atoms with van der Waals surface area (Å²) in [6.45, 7) is 1.52. The zero-order valence-electron chi connectivity index (χ0n) is 16.0. The maximum absolute atomic E-state index is 12.3. The summed E-state index contributed by atoms with van der Waals surface area (Å²) in [7, 11) is 0. The number of fused-ring (bicyclic) bond motifs is 1. The highest BCUT2D eigenvalue weighted by atomic mass is 16.6. The number of carbonyl (C=O) groups excluding carboxylic acids is 2. The summed E-state index contributed by atoms with van der Waals surface area (Å²) in [6, 6.07) is 9.29. The van der Waals surface area contributed by atoms with Crippen molar-refractivity contribution in [3.8, 4) is 5.75 Å². The molecule has 30 heavy (non-hydrogen) atoms. The Labute approximate surface area is 171 Å². The van der Waals surface area contributed by atoms with E-state index in [2.05, 4.69) is 10.3 Å². The first kappa shape index (κ1) is 19.6. The minimum absolute atomic E-state index is 0.0970. The van der Waals surface area contributed by atoms with Crippen molar-refractivity contribution in [3.63, 3.8) is 0 Å². The van der Waals surface area contributed by atoms with E-state index in [1.54, 1.807) is 36.4 Å². The molecule has 2 aromatic rings. The largest absolute Gasteiger partial charge is 0.477 e. The number of nitrogens with one attached hydrogen (secondary N) is 1. The topological polar surface area (TPSA) is 129 Å². The molecular formula is C21H19N3O6. The fourth-order valence-electron chi connectivity index (χ4n) is 3.96. The standard InChI is InChI=1S/C21H19N3O6/c1-11(25)17-16-10-15(18(20(27)28)24(16)19(17)26)12-3-2-4-14(9-12)30-21(29)23-13-5-7-22-8-6-13/h2-9,11,16-17,25H,10H2,1H3,(H,27,28)(H,22,23,29)/t11-,16-,17-/m1/s1. The number of anilines is 1. The third kappa shape index (κ3) is 3.39. The monoisotopic (exact) mass is 409 g/mol. The number of carbonyl (C=O) groups is 3. The number of hydrogen-bond donors (Lipinski definition) is 3. The molecule has 1 aromatic heterocycles. The van der Waals surface area contributed by atoms with Crippen molar-refractivity contribution in [1.82, 2.24) is 9.88 Å². The molecule has 3 heterocycles. The molecule has 154 valence electrons. The van der Waals surface area contributed by atoms with Gasteiger partial charge in [-0.3, -0.25) is 15.1 Å². The molecule has 0 saturated carbocycles. The number of carboxylic acids is 1. The summed E-state index contributed by atoms with van der Waals surface area (Å²) in [5, 5.41) is 22.1. The van der Waals surface area contributed by atoms with Gasteiger partial charge in [-0.2, -0.15) is 0 Å². The van der Waals surface area contributed by atoms with Gasteiger partial charge in [0.2, 0.25) is 5.91 Å². The highest BCUT2D eigenvalue weighted by molar-refractivity contribution is 6.06. The van der Waals surface area contributed by atoms with Crippen LogP contribution in [0.2, 0.25) is 0 Å². The quantitative estimate of drug-likeness (QED) is 0.645. The SMILES string of the molecule is C[C@@H](O)[C@H]1C(=O)N2C(C(=O)O)=C(c3cccc(OC(=O)Nc4ccncc4)c3)C[C@H]12. The highest BCUT2D eigenvalue weighted by Gasteiger charge is 2.56. The minimum Gasteiger partial charge on any atom is -0.477 e. The zero-order chi connectivity index (χ0) is 21.4. The summed E-state index contributed by atoms with van der Waals surface area (Å²) >= 11 is 0. The third-order valence-electron chi connectivity index (χ3n) is 5.25. The van der Waals surface area contributed by atoms with Crippen molar-refractivity contribution in [2.45, 2.75) is 25.5 Å². The van der Waals surface area contributed by atoms with E-state index in [-0.39, 0.29) is 11.4 Å². The lowest BCUT2D eigenvalue weighted by Gasteiger charge is -2.44. The van der Waals surface area contributed by atoms with Crippen molar-refractivity contribution < 1.29 is 29.3 Å². The molecule has 0 radical (unpaired) electrons.